The zero-order chi connectivity index (χ0) is 21.0. The standard InChI is InChI=1S/C23H25N5O2/c1-14(16-7-5-4-6-15(16)9-24)28-12-20(25-13-28)22(29)27-10-17-18(11-27)21(17)19-8-23(2,3)30-26-19/h4-7,12-14,17-18,21H,8,10-11H2,1-3H3/t14-,17?,18?,21?/m0/s1. The monoisotopic (exact) mass is 403 g/mol. The molecular weight excluding hydrogens is 378 g/mol. The van der Waals surface area contributed by atoms with E-state index in [1.165, 1.54) is 0 Å². The van der Waals surface area contributed by atoms with Crippen molar-refractivity contribution in [2.24, 2.45) is 22.9 Å². The number of benzene rings is 1. The van der Waals surface area contributed by atoms with Gasteiger partial charge in [-0.25, -0.2) is 4.98 Å². The van der Waals surface area contributed by atoms with E-state index in [1.807, 2.05) is 40.7 Å². The predicted octanol–water partition coefficient (Wildman–Crippen LogP) is 3.24. The topological polar surface area (TPSA) is 83.5 Å². The van der Waals surface area contributed by atoms with E-state index in [1.54, 1.807) is 12.5 Å². The van der Waals surface area contributed by atoms with E-state index in [0.717, 1.165) is 30.8 Å². The summed E-state index contributed by atoms with van der Waals surface area (Å²) in [7, 11) is 0. The molecule has 3 atom stereocenters. The highest BCUT2D eigenvalue weighted by molar-refractivity contribution is 5.94. The first-order valence-corrected chi connectivity index (χ1v) is 10.4. The highest BCUT2D eigenvalue weighted by Gasteiger charge is 2.60. The van der Waals surface area contributed by atoms with Crippen molar-refractivity contribution in [2.45, 2.75) is 38.8 Å². The summed E-state index contributed by atoms with van der Waals surface area (Å²) in [5, 5.41) is 13.7. The van der Waals surface area contributed by atoms with Crippen LogP contribution in [0.3, 0.4) is 0 Å². The lowest BCUT2D eigenvalue weighted by atomic mass is 9.98. The Morgan fingerprint density at radius 2 is 2.03 bits per heavy atom. The minimum atomic E-state index is -0.199. The number of fused-ring (bicyclic) bond motifs is 1. The van der Waals surface area contributed by atoms with Crippen LogP contribution in [0.5, 0.6) is 0 Å². The molecule has 5 rings (SSSR count). The lowest BCUT2D eigenvalue weighted by Gasteiger charge is -2.19. The van der Waals surface area contributed by atoms with E-state index in [-0.39, 0.29) is 17.6 Å². The molecule has 1 amide bonds. The average molecular weight is 403 g/mol. The molecule has 1 aromatic carbocycles. The van der Waals surface area contributed by atoms with Crippen LogP contribution >= 0.6 is 0 Å². The second kappa shape index (κ2) is 6.69. The smallest absolute Gasteiger partial charge is 0.274 e. The number of aromatic nitrogens is 2. The Kier molecular flexibility index (Phi) is 4.21. The molecule has 3 heterocycles. The van der Waals surface area contributed by atoms with E-state index >= 15 is 0 Å². The first-order valence-electron chi connectivity index (χ1n) is 10.4. The van der Waals surface area contributed by atoms with Gasteiger partial charge < -0.3 is 14.3 Å². The molecule has 30 heavy (non-hydrogen) atoms. The van der Waals surface area contributed by atoms with Gasteiger partial charge in [-0.05, 0) is 44.2 Å². The molecule has 7 nitrogen and oxygen atoms in total. The van der Waals surface area contributed by atoms with Gasteiger partial charge in [-0.1, -0.05) is 23.4 Å². The van der Waals surface area contributed by atoms with Gasteiger partial charge in [0.05, 0.1) is 29.7 Å². The molecule has 2 unspecified atom stereocenters. The number of likely N-dealkylation sites (tertiary alicyclic amines) is 1. The van der Waals surface area contributed by atoms with E-state index in [0.29, 0.717) is 29.0 Å². The van der Waals surface area contributed by atoms with Gasteiger partial charge in [0.15, 0.2) is 0 Å². The van der Waals surface area contributed by atoms with Gasteiger partial charge in [-0.2, -0.15) is 5.26 Å². The van der Waals surface area contributed by atoms with Gasteiger partial charge in [-0.15, -0.1) is 0 Å². The summed E-state index contributed by atoms with van der Waals surface area (Å²) >= 11 is 0. The van der Waals surface area contributed by atoms with Crippen molar-refractivity contribution in [3.63, 3.8) is 0 Å². The van der Waals surface area contributed by atoms with Crippen molar-refractivity contribution in [3.05, 3.63) is 53.6 Å². The number of piperidine rings is 1. The van der Waals surface area contributed by atoms with E-state index in [4.69, 9.17) is 4.84 Å². The first-order chi connectivity index (χ1) is 14.4. The lowest BCUT2D eigenvalue weighted by Crippen LogP contribution is -2.33. The van der Waals surface area contributed by atoms with Crippen LogP contribution in [0, 0.1) is 29.1 Å². The molecule has 7 heteroatoms. The van der Waals surface area contributed by atoms with Gasteiger partial charge in [-0.3, -0.25) is 4.79 Å². The summed E-state index contributed by atoms with van der Waals surface area (Å²) in [6, 6.07) is 9.68. The molecule has 0 N–H and O–H groups in total. The number of oxime groups is 1. The average Bonchev–Trinajstić information content (AvgIpc) is 3.17. The molecule has 2 fully saturated rings. The van der Waals surface area contributed by atoms with Crippen molar-refractivity contribution in [3.8, 4) is 6.07 Å². The third kappa shape index (κ3) is 3.07. The van der Waals surface area contributed by atoms with Crippen LogP contribution in [-0.2, 0) is 4.84 Å². The van der Waals surface area contributed by atoms with Crippen LogP contribution in [0.15, 0.2) is 41.9 Å². The quantitative estimate of drug-likeness (QED) is 0.785. The molecule has 1 aromatic heterocycles. The molecular formula is C23H25N5O2. The number of rotatable bonds is 4. The zero-order valence-corrected chi connectivity index (χ0v) is 17.4. The largest absolute Gasteiger partial charge is 0.389 e. The number of nitrogens with zero attached hydrogens (tertiary/aromatic N) is 5. The van der Waals surface area contributed by atoms with Crippen LogP contribution < -0.4 is 0 Å². The SMILES string of the molecule is C[C@@H](c1ccccc1C#N)n1cnc(C(=O)N2CC3C(C2)C3C2=NOC(C)(C)C2)c1. The van der Waals surface area contributed by atoms with E-state index < -0.39 is 0 Å². The van der Waals surface area contributed by atoms with Crippen molar-refractivity contribution < 1.29 is 9.63 Å². The molecule has 3 aliphatic rings. The number of carbonyl (C=O) groups is 1. The summed E-state index contributed by atoms with van der Waals surface area (Å²) in [5.74, 6) is 1.43. The number of amides is 1. The summed E-state index contributed by atoms with van der Waals surface area (Å²) < 4.78 is 1.90. The molecule has 1 aliphatic carbocycles. The van der Waals surface area contributed by atoms with Gasteiger partial charge in [0.2, 0.25) is 0 Å². The molecule has 2 aliphatic heterocycles. The van der Waals surface area contributed by atoms with Crippen molar-refractivity contribution >= 4 is 11.6 Å². The number of imidazole rings is 1. The normalized spacial score (nSPS) is 27.1. The predicted molar refractivity (Wildman–Crippen MR) is 111 cm³/mol. The third-order valence-corrected chi connectivity index (χ3v) is 6.68. The summed E-state index contributed by atoms with van der Waals surface area (Å²) in [6.45, 7) is 7.64. The van der Waals surface area contributed by atoms with Crippen LogP contribution in [0.25, 0.3) is 0 Å². The van der Waals surface area contributed by atoms with Crippen LogP contribution in [-0.4, -0.2) is 44.8 Å². The number of carbonyl (C=O) groups excluding carboxylic acids is 1. The maximum Gasteiger partial charge on any atom is 0.274 e. The fraction of sp³-hybridized carbons (Fsp3) is 0.478. The molecule has 154 valence electrons. The molecule has 0 bridgehead atoms. The second-order valence-electron chi connectivity index (χ2n) is 9.26. The highest BCUT2D eigenvalue weighted by Crippen LogP contribution is 2.54. The Balaban J connectivity index is 1.24. The van der Waals surface area contributed by atoms with Gasteiger partial charge in [0.25, 0.3) is 5.91 Å². The van der Waals surface area contributed by atoms with Crippen molar-refractivity contribution in [1.82, 2.24) is 14.5 Å². The van der Waals surface area contributed by atoms with Crippen LogP contribution in [0.1, 0.15) is 54.8 Å². The Morgan fingerprint density at radius 1 is 1.30 bits per heavy atom. The number of hydrogen-bond acceptors (Lipinski definition) is 5. The molecule has 0 radical (unpaired) electrons. The fourth-order valence-corrected chi connectivity index (χ4v) is 4.99. The Morgan fingerprint density at radius 3 is 2.70 bits per heavy atom. The first kappa shape index (κ1) is 18.9. The zero-order valence-electron chi connectivity index (χ0n) is 17.4. The van der Waals surface area contributed by atoms with Crippen LogP contribution in [0.2, 0.25) is 0 Å². The van der Waals surface area contributed by atoms with Crippen molar-refractivity contribution in [1.29, 1.82) is 5.26 Å². The molecule has 2 aromatic rings. The van der Waals surface area contributed by atoms with Crippen molar-refractivity contribution in [2.75, 3.05) is 13.1 Å². The van der Waals surface area contributed by atoms with Gasteiger partial charge >= 0.3 is 0 Å². The molecule has 1 saturated heterocycles. The lowest BCUT2D eigenvalue weighted by molar-refractivity contribution is 0.0123. The van der Waals surface area contributed by atoms with Crippen LogP contribution in [0.4, 0.5) is 0 Å². The number of nitriles is 1. The maximum absolute atomic E-state index is 13.0. The van der Waals surface area contributed by atoms with E-state index in [9.17, 15) is 10.1 Å². The number of hydrogen-bond donors (Lipinski definition) is 0. The Bertz CT molecular complexity index is 1070. The second-order valence-corrected chi connectivity index (χ2v) is 9.26. The minimum absolute atomic E-state index is 0.0228. The highest BCUT2D eigenvalue weighted by atomic mass is 16.7. The Hall–Kier alpha value is -3.14. The summed E-state index contributed by atoms with van der Waals surface area (Å²) in [6.07, 6.45) is 4.35. The summed E-state index contributed by atoms with van der Waals surface area (Å²) in [4.78, 5) is 24.8. The minimum Gasteiger partial charge on any atom is -0.389 e. The van der Waals surface area contributed by atoms with E-state index in [2.05, 4.69) is 30.1 Å². The maximum atomic E-state index is 13.0. The molecule has 1 saturated carbocycles. The summed E-state index contributed by atoms with van der Waals surface area (Å²) in [5.41, 5.74) is 2.98. The van der Waals surface area contributed by atoms with Gasteiger partial charge in [0.1, 0.15) is 11.3 Å². The fourth-order valence-electron chi connectivity index (χ4n) is 4.99. The molecule has 0 spiro atoms. The third-order valence-electron chi connectivity index (χ3n) is 6.68. The van der Waals surface area contributed by atoms with Gasteiger partial charge in [0, 0.05) is 31.6 Å². The Labute approximate surface area is 175 Å².